The maximum Gasteiger partial charge on any atom is 0.293 e. The Bertz CT molecular complexity index is 2980. The number of allylic oxidation sites excluding steroid dienone is 1. The number of piperazine rings is 1. The zero-order valence-corrected chi connectivity index (χ0v) is 38.8. The molecule has 0 unspecified atom stereocenters. The first-order valence-electron chi connectivity index (χ1n) is 22.8. The Hall–Kier alpha value is -5.81. The highest BCUT2D eigenvalue weighted by molar-refractivity contribution is 7.90. The van der Waals surface area contributed by atoms with Gasteiger partial charge in [0.15, 0.2) is 5.65 Å². The molecule has 1 amide bonds. The van der Waals surface area contributed by atoms with Gasteiger partial charge in [-0.25, -0.2) is 23.1 Å². The van der Waals surface area contributed by atoms with Gasteiger partial charge in [-0.3, -0.25) is 29.6 Å². The van der Waals surface area contributed by atoms with Crippen molar-refractivity contribution >= 4 is 72.2 Å². The summed E-state index contributed by atoms with van der Waals surface area (Å²) in [5.41, 5.74) is 7.70. The fourth-order valence-corrected chi connectivity index (χ4v) is 11.4. The number of hydrogen-bond donors (Lipinski definition) is 3. The second kappa shape index (κ2) is 17.4. The van der Waals surface area contributed by atoms with Crippen LogP contribution in [0.25, 0.3) is 33.3 Å². The number of nitrogens with zero attached hydrogens (tertiary/aromatic N) is 6. The van der Waals surface area contributed by atoms with Crippen molar-refractivity contribution in [3.63, 3.8) is 0 Å². The highest BCUT2D eigenvalue weighted by Gasteiger charge is 2.41. The maximum atomic E-state index is 14.3. The molecule has 10 rings (SSSR count). The summed E-state index contributed by atoms with van der Waals surface area (Å²) < 4.78 is 37.2. The molecule has 2 aliphatic heterocycles. The minimum atomic E-state index is -4.56. The number of H-pyrrole nitrogens is 1. The first-order chi connectivity index (χ1) is 31.7. The first kappa shape index (κ1) is 44.0. The number of fused-ring (bicyclic) bond motifs is 2. The Labute approximate surface area is 388 Å². The quantitative estimate of drug-likeness (QED) is 0.0788. The second-order valence-corrected chi connectivity index (χ2v) is 21.6. The summed E-state index contributed by atoms with van der Waals surface area (Å²) in [5.74, 6) is -0.550. The highest BCUT2D eigenvalue weighted by atomic mass is 35.5. The molecule has 3 N–H and O–H groups in total. The molecule has 1 saturated carbocycles. The van der Waals surface area contributed by atoms with Crippen molar-refractivity contribution in [1.82, 2.24) is 29.4 Å². The molecule has 4 aliphatic rings. The van der Waals surface area contributed by atoms with E-state index in [0.717, 1.165) is 113 Å². The number of carbonyl (C=O) groups excluding carboxylic acids is 1. The van der Waals surface area contributed by atoms with Crippen molar-refractivity contribution in [1.29, 1.82) is 0 Å². The number of sulfonamides is 1. The van der Waals surface area contributed by atoms with Gasteiger partial charge in [0.2, 0.25) is 0 Å². The third-order valence-corrected chi connectivity index (χ3v) is 15.9. The van der Waals surface area contributed by atoms with Crippen molar-refractivity contribution in [3.05, 3.63) is 117 Å². The van der Waals surface area contributed by atoms with Crippen LogP contribution in [-0.4, -0.2) is 96.4 Å². The Morgan fingerprint density at radius 3 is 2.48 bits per heavy atom. The number of carbonyl (C=O) groups is 1. The number of pyridine rings is 1. The molecule has 17 heteroatoms. The third-order valence-electron chi connectivity index (χ3n) is 14.3. The van der Waals surface area contributed by atoms with E-state index in [4.69, 9.17) is 21.3 Å². The van der Waals surface area contributed by atoms with Gasteiger partial charge in [-0.05, 0) is 122 Å². The minimum Gasteiger partial charge on any atom is -0.380 e. The van der Waals surface area contributed by atoms with Crippen LogP contribution in [-0.2, 0) is 14.8 Å². The van der Waals surface area contributed by atoms with E-state index < -0.39 is 25.7 Å². The molecule has 5 heterocycles. The molecule has 3 aromatic heterocycles. The summed E-state index contributed by atoms with van der Waals surface area (Å²) in [6.45, 7) is 10.9. The van der Waals surface area contributed by atoms with E-state index in [1.165, 1.54) is 28.8 Å². The number of rotatable bonds is 12. The van der Waals surface area contributed by atoms with Crippen LogP contribution in [0.2, 0.25) is 5.02 Å². The molecule has 15 nitrogen and oxygen atoms in total. The number of hydrogen-bond acceptors (Lipinski definition) is 11. The number of nitro benzene ring substituents is 1. The van der Waals surface area contributed by atoms with Crippen molar-refractivity contribution in [2.45, 2.75) is 63.7 Å². The number of halogens is 1. The van der Waals surface area contributed by atoms with Gasteiger partial charge >= 0.3 is 0 Å². The molecule has 0 atom stereocenters. The summed E-state index contributed by atoms with van der Waals surface area (Å²) in [5, 5.41) is 20.3. The number of aromatic nitrogens is 4. The van der Waals surface area contributed by atoms with Gasteiger partial charge in [-0.1, -0.05) is 43.2 Å². The zero-order valence-electron chi connectivity index (χ0n) is 37.2. The van der Waals surface area contributed by atoms with Crippen LogP contribution in [0.5, 0.6) is 0 Å². The van der Waals surface area contributed by atoms with Gasteiger partial charge in [0.25, 0.3) is 21.6 Å². The monoisotopic (exact) mass is 931 g/mol. The molecular weight excluding hydrogens is 878 g/mol. The van der Waals surface area contributed by atoms with Crippen LogP contribution in [0.15, 0.2) is 95.7 Å². The summed E-state index contributed by atoms with van der Waals surface area (Å²) in [7, 11) is -4.56. The van der Waals surface area contributed by atoms with Crippen molar-refractivity contribution < 1.29 is 22.9 Å². The van der Waals surface area contributed by atoms with E-state index in [-0.39, 0.29) is 27.8 Å². The molecule has 0 bridgehead atoms. The van der Waals surface area contributed by atoms with Gasteiger partial charge in [0.05, 0.1) is 39.8 Å². The Kier molecular flexibility index (Phi) is 11.6. The lowest BCUT2D eigenvalue weighted by Crippen LogP contribution is -2.47. The largest absolute Gasteiger partial charge is 0.380 e. The second-order valence-electron chi connectivity index (χ2n) is 19.4. The molecular formula is C49H54ClN9O6S. The minimum absolute atomic E-state index is 0.0767. The lowest BCUT2D eigenvalue weighted by molar-refractivity contribution is -0.384. The molecule has 6 aromatic rings. The van der Waals surface area contributed by atoms with Crippen LogP contribution in [0.3, 0.4) is 0 Å². The average molecular weight is 933 g/mol. The van der Waals surface area contributed by atoms with E-state index in [2.05, 4.69) is 55.9 Å². The van der Waals surface area contributed by atoms with Crippen LogP contribution in [0.1, 0.15) is 74.7 Å². The standard InChI is InChI=1S/C49H54ClN9O6S/c1-48(2)15-13-35(40(26-48)33-3-5-36(50)6-4-33)29-56-19-21-57(22-20-56)37-7-9-39(43(24-37)58-44-23-34-14-18-51-46(34)54-42(44)28-53-58)47(60)55-66(63,64)38-8-10-41(45(25-38)59(61)62)52-27-32-11-16-49(17-12-32)30-65-31-49/h3-10,14,18,23-25,28,32,52-53H,11-13,15-17,19-22,26-27,29-31H2,1-2H3,(H,55,60). The lowest BCUT2D eigenvalue weighted by atomic mass is 9.69. The Morgan fingerprint density at radius 1 is 0.985 bits per heavy atom. The van der Waals surface area contributed by atoms with Gasteiger partial charge in [0.1, 0.15) is 11.2 Å². The van der Waals surface area contributed by atoms with Crippen molar-refractivity contribution in [2.75, 3.05) is 62.7 Å². The number of benzene rings is 3. The smallest absolute Gasteiger partial charge is 0.293 e. The molecule has 2 aliphatic carbocycles. The molecule has 344 valence electrons. The summed E-state index contributed by atoms with van der Waals surface area (Å²) >= 11 is 6.27. The lowest BCUT2D eigenvalue weighted by Gasteiger charge is -2.46. The molecule has 3 aromatic carbocycles. The number of nitrogens with one attached hydrogen (secondary N) is 3. The summed E-state index contributed by atoms with van der Waals surface area (Å²) in [4.78, 5) is 39.4. The van der Waals surface area contributed by atoms with Crippen molar-refractivity contribution in [2.24, 2.45) is 16.7 Å². The van der Waals surface area contributed by atoms with E-state index in [1.54, 1.807) is 23.1 Å². The van der Waals surface area contributed by atoms with Gasteiger partial charge in [-0.2, -0.15) is 0 Å². The summed E-state index contributed by atoms with van der Waals surface area (Å²) in [6, 6.07) is 21.0. The average Bonchev–Trinajstić information content (AvgIpc) is 3.94. The number of aromatic amines is 1. The van der Waals surface area contributed by atoms with Crippen LogP contribution in [0, 0.1) is 26.9 Å². The highest BCUT2D eigenvalue weighted by Crippen LogP contribution is 2.45. The number of amides is 1. The molecule has 3 fully saturated rings. The molecule has 2 saturated heterocycles. The number of ether oxygens (including phenoxy) is 1. The topological polar surface area (TPSA) is 181 Å². The van der Waals surface area contributed by atoms with E-state index in [1.807, 2.05) is 36.4 Å². The number of anilines is 2. The summed E-state index contributed by atoms with van der Waals surface area (Å²) in [6.07, 6.45) is 10.7. The Morgan fingerprint density at radius 2 is 1.76 bits per heavy atom. The molecule has 1 spiro atoms. The van der Waals surface area contributed by atoms with Crippen molar-refractivity contribution in [3.8, 4) is 5.69 Å². The number of nitro groups is 1. The zero-order chi connectivity index (χ0) is 45.8. The van der Waals surface area contributed by atoms with E-state index in [0.29, 0.717) is 34.8 Å². The van der Waals surface area contributed by atoms with Gasteiger partial charge < -0.3 is 15.0 Å². The predicted molar refractivity (Wildman–Crippen MR) is 257 cm³/mol. The third kappa shape index (κ3) is 8.91. The van der Waals surface area contributed by atoms with E-state index in [9.17, 15) is 23.3 Å². The van der Waals surface area contributed by atoms with E-state index >= 15 is 0 Å². The van der Waals surface area contributed by atoms with Gasteiger partial charge in [-0.15, -0.1) is 0 Å². The Balaban J connectivity index is 0.890. The van der Waals surface area contributed by atoms with Crippen LogP contribution in [0.4, 0.5) is 17.1 Å². The van der Waals surface area contributed by atoms with Crippen LogP contribution >= 0.6 is 11.6 Å². The fourth-order valence-electron chi connectivity index (χ4n) is 10.3. The van der Waals surface area contributed by atoms with Crippen LogP contribution < -0.4 is 14.9 Å². The SMILES string of the molecule is CC1(C)CCC(CN2CCN(c3ccc(C(=O)NS(=O)(=O)c4ccc(NCC5CCC6(CC5)COC6)c([N+](=O)[O-])c4)c(-n4[nH]cc5nc6nccc6cc54)c3)CC2)=C(c2ccc(Cl)cc2)C1. The molecule has 66 heavy (non-hydrogen) atoms. The fraction of sp³-hybridized carbons (Fsp3) is 0.408. The predicted octanol–water partition coefficient (Wildman–Crippen LogP) is 8.99. The maximum absolute atomic E-state index is 14.3. The van der Waals surface area contributed by atoms with Gasteiger partial charge in [0, 0.05) is 79.2 Å². The first-order valence-corrected chi connectivity index (χ1v) is 24.7. The molecule has 0 radical (unpaired) electrons. The normalized spacial score (nSPS) is 19.0.